The smallest absolute Gasteiger partial charge is 0.159 e. The topological polar surface area (TPSA) is 78.0 Å². The van der Waals surface area contributed by atoms with Crippen LogP contribution in [0.4, 0.5) is 14.5 Å². The van der Waals surface area contributed by atoms with Crippen LogP contribution >= 0.6 is 0 Å². The number of aromatic nitrogens is 2. The van der Waals surface area contributed by atoms with Crippen LogP contribution in [0.5, 0.6) is 0 Å². The quantitative estimate of drug-likeness (QED) is 0.913. The molecule has 0 atom stereocenters. The maximum Gasteiger partial charge on any atom is 0.159 e. The molecule has 0 aliphatic heterocycles. The monoisotopic (exact) mass is 315 g/mol. The van der Waals surface area contributed by atoms with Crippen molar-refractivity contribution in [2.45, 2.75) is 13.5 Å². The third kappa shape index (κ3) is 3.57. The van der Waals surface area contributed by atoms with E-state index >= 15 is 0 Å². The SMILES string of the molecule is CCS(=O)(=O)CCn1cc(N)c(-c2ccc(F)c(F)c2)n1. The molecule has 8 heteroatoms. The molecule has 0 bridgehead atoms. The molecular weight excluding hydrogens is 300 g/mol. The summed E-state index contributed by atoms with van der Waals surface area (Å²) < 4.78 is 50.4. The number of benzene rings is 1. The summed E-state index contributed by atoms with van der Waals surface area (Å²) in [5, 5.41) is 4.13. The van der Waals surface area contributed by atoms with E-state index in [1.807, 2.05) is 0 Å². The van der Waals surface area contributed by atoms with Crippen LogP contribution in [0.15, 0.2) is 24.4 Å². The molecule has 2 rings (SSSR count). The van der Waals surface area contributed by atoms with Gasteiger partial charge in [-0.2, -0.15) is 5.10 Å². The van der Waals surface area contributed by atoms with Crippen molar-refractivity contribution in [3.63, 3.8) is 0 Å². The zero-order chi connectivity index (χ0) is 15.6. The lowest BCUT2D eigenvalue weighted by Crippen LogP contribution is -2.14. The number of hydrogen-bond acceptors (Lipinski definition) is 4. The summed E-state index contributed by atoms with van der Waals surface area (Å²) >= 11 is 0. The molecule has 0 aliphatic carbocycles. The summed E-state index contributed by atoms with van der Waals surface area (Å²) in [6.07, 6.45) is 1.47. The fourth-order valence-corrected chi connectivity index (χ4v) is 2.55. The van der Waals surface area contributed by atoms with Crippen LogP contribution in [0.25, 0.3) is 11.3 Å². The van der Waals surface area contributed by atoms with E-state index in [4.69, 9.17) is 5.73 Å². The fourth-order valence-electron chi connectivity index (χ4n) is 1.80. The maximum absolute atomic E-state index is 13.2. The summed E-state index contributed by atoms with van der Waals surface area (Å²) in [6, 6.07) is 3.36. The van der Waals surface area contributed by atoms with E-state index in [9.17, 15) is 17.2 Å². The van der Waals surface area contributed by atoms with E-state index in [1.54, 1.807) is 6.92 Å². The molecule has 0 saturated heterocycles. The Hall–Kier alpha value is -1.96. The van der Waals surface area contributed by atoms with Crippen LogP contribution in [0.2, 0.25) is 0 Å². The van der Waals surface area contributed by atoms with Crippen molar-refractivity contribution in [1.82, 2.24) is 9.78 Å². The van der Waals surface area contributed by atoms with Gasteiger partial charge in [-0.1, -0.05) is 6.92 Å². The summed E-state index contributed by atoms with van der Waals surface area (Å²) in [5.41, 5.74) is 6.69. The van der Waals surface area contributed by atoms with E-state index in [0.29, 0.717) is 11.3 Å². The molecular formula is C13H15F2N3O2S. The van der Waals surface area contributed by atoms with Gasteiger partial charge in [-0.3, -0.25) is 4.68 Å². The first kappa shape index (κ1) is 15.4. The van der Waals surface area contributed by atoms with Gasteiger partial charge in [-0.25, -0.2) is 17.2 Å². The number of hydrogen-bond donors (Lipinski definition) is 1. The molecule has 0 aliphatic rings. The van der Waals surface area contributed by atoms with E-state index in [0.717, 1.165) is 12.1 Å². The molecule has 21 heavy (non-hydrogen) atoms. The highest BCUT2D eigenvalue weighted by atomic mass is 32.2. The van der Waals surface area contributed by atoms with Crippen LogP contribution in [-0.4, -0.2) is 29.7 Å². The number of aryl methyl sites for hydroxylation is 1. The highest BCUT2D eigenvalue weighted by molar-refractivity contribution is 7.91. The van der Waals surface area contributed by atoms with Crippen molar-refractivity contribution in [3.05, 3.63) is 36.0 Å². The largest absolute Gasteiger partial charge is 0.396 e. The zero-order valence-electron chi connectivity index (χ0n) is 11.4. The normalized spacial score (nSPS) is 11.8. The molecule has 2 N–H and O–H groups in total. The second-order valence-corrected chi connectivity index (χ2v) is 7.03. The van der Waals surface area contributed by atoms with Crippen molar-refractivity contribution >= 4 is 15.5 Å². The Morgan fingerprint density at radius 1 is 1.29 bits per heavy atom. The van der Waals surface area contributed by atoms with Crippen molar-refractivity contribution in [3.8, 4) is 11.3 Å². The first-order chi connectivity index (χ1) is 9.82. The standard InChI is InChI=1S/C13H15F2N3O2S/c1-2-21(19,20)6-5-18-8-12(16)13(17-18)9-3-4-10(14)11(15)7-9/h3-4,7-8H,2,5-6,16H2,1H3. The van der Waals surface area contributed by atoms with Crippen LogP contribution in [-0.2, 0) is 16.4 Å². The predicted molar refractivity (Wildman–Crippen MR) is 76.3 cm³/mol. The molecule has 1 aromatic heterocycles. The summed E-state index contributed by atoms with van der Waals surface area (Å²) in [4.78, 5) is 0. The summed E-state index contributed by atoms with van der Waals surface area (Å²) in [7, 11) is -3.11. The minimum Gasteiger partial charge on any atom is -0.396 e. The van der Waals surface area contributed by atoms with Crippen LogP contribution in [0.1, 0.15) is 6.92 Å². The second kappa shape index (κ2) is 5.80. The minimum atomic E-state index is -3.11. The van der Waals surface area contributed by atoms with E-state index in [2.05, 4.69) is 5.10 Å². The Kier molecular flexibility index (Phi) is 4.26. The number of rotatable bonds is 5. The van der Waals surface area contributed by atoms with Gasteiger partial charge >= 0.3 is 0 Å². The number of nitrogens with two attached hydrogens (primary N) is 1. The summed E-state index contributed by atoms with van der Waals surface area (Å²) in [6.45, 7) is 1.73. The molecule has 0 unspecified atom stereocenters. The number of halogens is 2. The lowest BCUT2D eigenvalue weighted by atomic mass is 10.1. The Labute approximate surface area is 121 Å². The van der Waals surface area contributed by atoms with Gasteiger partial charge in [0.15, 0.2) is 21.5 Å². The van der Waals surface area contributed by atoms with E-state index in [1.165, 1.54) is 16.9 Å². The minimum absolute atomic E-state index is 0.0537. The Morgan fingerprint density at radius 3 is 2.62 bits per heavy atom. The number of sulfone groups is 1. The summed E-state index contributed by atoms with van der Waals surface area (Å²) in [5.74, 6) is -1.94. The molecule has 0 fully saturated rings. The van der Waals surface area contributed by atoms with E-state index < -0.39 is 21.5 Å². The lowest BCUT2D eigenvalue weighted by molar-refractivity contribution is 0.509. The maximum atomic E-state index is 13.2. The number of nitrogen functional groups attached to an aromatic ring is 1. The third-order valence-corrected chi connectivity index (χ3v) is 4.74. The number of anilines is 1. The molecule has 2 aromatic rings. The predicted octanol–water partition coefficient (Wildman–Crippen LogP) is 1.85. The third-order valence-electron chi connectivity index (χ3n) is 3.05. The fraction of sp³-hybridized carbons (Fsp3) is 0.308. The Morgan fingerprint density at radius 2 is 2.00 bits per heavy atom. The van der Waals surface area contributed by atoms with Gasteiger partial charge in [0.1, 0.15) is 5.69 Å². The van der Waals surface area contributed by atoms with Gasteiger partial charge in [0.2, 0.25) is 0 Å². The first-order valence-corrected chi connectivity index (χ1v) is 8.13. The van der Waals surface area contributed by atoms with Gasteiger partial charge < -0.3 is 5.73 Å². The van der Waals surface area contributed by atoms with Gasteiger partial charge in [-0.05, 0) is 18.2 Å². The molecule has 0 amide bonds. The van der Waals surface area contributed by atoms with Crippen LogP contribution in [0, 0.1) is 11.6 Å². The van der Waals surface area contributed by atoms with Gasteiger partial charge in [0, 0.05) is 17.5 Å². The molecule has 5 nitrogen and oxygen atoms in total. The molecule has 0 saturated carbocycles. The van der Waals surface area contributed by atoms with E-state index in [-0.39, 0.29) is 23.7 Å². The van der Waals surface area contributed by atoms with Crippen LogP contribution in [0.3, 0.4) is 0 Å². The van der Waals surface area contributed by atoms with Crippen molar-refractivity contribution in [1.29, 1.82) is 0 Å². The zero-order valence-corrected chi connectivity index (χ0v) is 12.2. The van der Waals surface area contributed by atoms with Crippen molar-refractivity contribution < 1.29 is 17.2 Å². The van der Waals surface area contributed by atoms with Gasteiger partial charge in [0.05, 0.1) is 18.0 Å². The van der Waals surface area contributed by atoms with Gasteiger partial charge in [0.25, 0.3) is 0 Å². The highest BCUT2D eigenvalue weighted by Gasteiger charge is 2.13. The number of nitrogens with zero attached hydrogens (tertiary/aromatic N) is 2. The van der Waals surface area contributed by atoms with Crippen LogP contribution < -0.4 is 5.73 Å². The molecule has 114 valence electrons. The van der Waals surface area contributed by atoms with Gasteiger partial charge in [-0.15, -0.1) is 0 Å². The average molecular weight is 315 g/mol. The Balaban J connectivity index is 2.25. The van der Waals surface area contributed by atoms with Crippen molar-refractivity contribution in [2.75, 3.05) is 17.2 Å². The Bertz CT molecular complexity index is 757. The molecule has 0 radical (unpaired) electrons. The second-order valence-electron chi connectivity index (χ2n) is 4.56. The molecule has 1 heterocycles. The molecule has 1 aromatic carbocycles. The lowest BCUT2D eigenvalue weighted by Gasteiger charge is -2.02. The molecule has 0 spiro atoms. The first-order valence-electron chi connectivity index (χ1n) is 6.31. The highest BCUT2D eigenvalue weighted by Crippen LogP contribution is 2.25. The van der Waals surface area contributed by atoms with Crippen molar-refractivity contribution in [2.24, 2.45) is 0 Å². The average Bonchev–Trinajstić information content (AvgIpc) is 2.81.